The largest absolute Gasteiger partial charge is 0.519 e. The number of carbonyl (C=O) groups is 2. The van der Waals surface area contributed by atoms with Gasteiger partial charge in [-0.05, 0) is 42.7 Å². The number of aromatic nitrogens is 2. The third-order valence-corrected chi connectivity index (χ3v) is 6.43. The molecule has 5 aromatic rings. The van der Waals surface area contributed by atoms with E-state index in [4.69, 9.17) is 29.8 Å². The third-order valence-electron chi connectivity index (χ3n) is 6.43. The van der Waals surface area contributed by atoms with Crippen LogP contribution in [-0.4, -0.2) is 34.0 Å². The lowest BCUT2D eigenvalue weighted by atomic mass is 9.98. The van der Waals surface area contributed by atoms with Crippen molar-refractivity contribution in [3.05, 3.63) is 106 Å². The molecule has 2 heterocycles. The highest BCUT2D eigenvalue weighted by Gasteiger charge is 2.21. The van der Waals surface area contributed by atoms with Crippen molar-refractivity contribution in [1.82, 2.24) is 9.55 Å². The number of carbonyl (C=O) groups excluding carboxylic acids is 2. The minimum absolute atomic E-state index is 0.0258. The van der Waals surface area contributed by atoms with Gasteiger partial charge >= 0.3 is 17.8 Å². The van der Waals surface area contributed by atoms with Crippen LogP contribution in [0.5, 0.6) is 6.01 Å². The van der Waals surface area contributed by atoms with E-state index in [9.17, 15) is 14.4 Å². The molecular formula is C30H27N5O7. The van der Waals surface area contributed by atoms with Crippen LogP contribution < -0.4 is 22.0 Å². The Morgan fingerprint density at radius 3 is 2.40 bits per heavy atom. The molecule has 4 N–H and O–H groups in total. The maximum atomic E-state index is 13.2. The summed E-state index contributed by atoms with van der Waals surface area (Å²) in [4.78, 5) is 44.0. The molecule has 0 fully saturated rings. The Morgan fingerprint density at radius 1 is 0.976 bits per heavy atom. The third kappa shape index (κ3) is 5.77. The fourth-order valence-electron chi connectivity index (χ4n) is 4.54. The Labute approximate surface area is 239 Å². The van der Waals surface area contributed by atoms with Gasteiger partial charge in [0, 0.05) is 5.56 Å². The molecule has 0 aliphatic heterocycles. The molecule has 2 aromatic heterocycles. The number of hydrogen-bond donors (Lipinski definition) is 2. The first-order valence-corrected chi connectivity index (χ1v) is 13.0. The fraction of sp³-hybridized carbons (Fsp3) is 0.167. The second-order valence-corrected chi connectivity index (χ2v) is 9.17. The van der Waals surface area contributed by atoms with Crippen LogP contribution in [0.4, 0.5) is 4.79 Å². The summed E-state index contributed by atoms with van der Waals surface area (Å²) in [7, 11) is 0. The first-order chi connectivity index (χ1) is 20.2. The Balaban J connectivity index is 1.47. The number of aliphatic imine (C=N–C) groups is 1. The standard InChI is InChI=1S/C30H27N5O7/c1-3-39-29-33-23-10-6-9-22(27(36)40-16-24-17(2)41-30(38)42-24)25(23)35(29)15-18-11-13-19(14-12-18)20-7-4-5-8-21(20)26(31)34-28(32)37/h4-14H,3,15-16H2,1-2H3,(H4,31,32,34,37). The summed E-state index contributed by atoms with van der Waals surface area (Å²) in [6, 6.07) is 19.6. The number of primary amides is 1. The van der Waals surface area contributed by atoms with E-state index in [-0.39, 0.29) is 29.5 Å². The predicted octanol–water partition coefficient (Wildman–Crippen LogP) is 4.15. The van der Waals surface area contributed by atoms with Gasteiger partial charge in [-0.2, -0.15) is 9.98 Å². The molecule has 42 heavy (non-hydrogen) atoms. The quantitative estimate of drug-likeness (QED) is 0.150. The van der Waals surface area contributed by atoms with Gasteiger partial charge in [-0.3, -0.25) is 4.57 Å². The summed E-state index contributed by atoms with van der Waals surface area (Å²) < 4.78 is 22.8. The van der Waals surface area contributed by atoms with E-state index >= 15 is 0 Å². The molecule has 5 rings (SSSR count). The monoisotopic (exact) mass is 569 g/mol. The van der Waals surface area contributed by atoms with Crippen molar-refractivity contribution in [2.24, 2.45) is 16.5 Å². The zero-order chi connectivity index (χ0) is 29.8. The number of imidazole rings is 1. The topological polar surface area (TPSA) is 178 Å². The second-order valence-electron chi connectivity index (χ2n) is 9.17. The average Bonchev–Trinajstić information content (AvgIpc) is 3.49. The van der Waals surface area contributed by atoms with Crippen molar-refractivity contribution < 1.29 is 27.9 Å². The van der Waals surface area contributed by atoms with Crippen LogP contribution in [0.15, 0.2) is 85.4 Å². The predicted molar refractivity (Wildman–Crippen MR) is 153 cm³/mol. The lowest BCUT2D eigenvalue weighted by Gasteiger charge is -2.13. The minimum atomic E-state index is -0.873. The lowest BCUT2D eigenvalue weighted by Crippen LogP contribution is -2.19. The second kappa shape index (κ2) is 11.8. The van der Waals surface area contributed by atoms with Gasteiger partial charge in [0.2, 0.25) is 0 Å². The molecule has 0 spiro atoms. The molecule has 0 bridgehead atoms. The number of hydrogen-bond acceptors (Lipinski definition) is 8. The lowest BCUT2D eigenvalue weighted by molar-refractivity contribution is 0.0444. The van der Waals surface area contributed by atoms with Crippen LogP contribution in [0.2, 0.25) is 0 Å². The van der Waals surface area contributed by atoms with Gasteiger partial charge in [0.05, 0.1) is 29.7 Å². The maximum Gasteiger partial charge on any atom is 0.519 e. The van der Waals surface area contributed by atoms with Gasteiger partial charge in [0.25, 0.3) is 6.01 Å². The van der Waals surface area contributed by atoms with E-state index < -0.39 is 17.8 Å². The van der Waals surface area contributed by atoms with Gasteiger partial charge < -0.3 is 29.8 Å². The van der Waals surface area contributed by atoms with Crippen LogP contribution in [0.25, 0.3) is 22.2 Å². The molecule has 0 atom stereocenters. The number of aryl methyl sites for hydroxylation is 1. The Bertz CT molecular complexity index is 1870. The number of para-hydroxylation sites is 1. The van der Waals surface area contributed by atoms with Gasteiger partial charge in [0.15, 0.2) is 18.1 Å². The highest BCUT2D eigenvalue weighted by Crippen LogP contribution is 2.29. The molecule has 0 saturated heterocycles. The van der Waals surface area contributed by atoms with Crippen molar-refractivity contribution in [1.29, 1.82) is 0 Å². The average molecular weight is 570 g/mol. The molecule has 12 heteroatoms. The van der Waals surface area contributed by atoms with Crippen molar-refractivity contribution >= 4 is 28.9 Å². The van der Waals surface area contributed by atoms with E-state index in [1.807, 2.05) is 43.3 Å². The summed E-state index contributed by atoms with van der Waals surface area (Å²) >= 11 is 0. The van der Waals surface area contributed by atoms with Crippen LogP contribution in [0.3, 0.4) is 0 Å². The van der Waals surface area contributed by atoms with Crippen LogP contribution in [0.1, 0.15) is 39.9 Å². The number of esters is 1. The Morgan fingerprint density at radius 2 is 1.71 bits per heavy atom. The van der Waals surface area contributed by atoms with Gasteiger partial charge in [-0.15, -0.1) is 0 Å². The number of ether oxygens (including phenoxy) is 2. The van der Waals surface area contributed by atoms with Crippen LogP contribution in [0, 0.1) is 6.92 Å². The highest BCUT2D eigenvalue weighted by atomic mass is 16.6. The first kappa shape index (κ1) is 27.9. The highest BCUT2D eigenvalue weighted by molar-refractivity contribution is 6.07. The number of nitrogens with zero attached hydrogens (tertiary/aromatic N) is 3. The number of amides is 2. The smallest absolute Gasteiger partial charge is 0.465 e. The molecule has 0 unspecified atom stereocenters. The van der Waals surface area contributed by atoms with Crippen LogP contribution in [-0.2, 0) is 17.9 Å². The first-order valence-electron chi connectivity index (χ1n) is 13.0. The number of amidine groups is 1. The van der Waals surface area contributed by atoms with E-state index in [0.29, 0.717) is 35.8 Å². The zero-order valence-electron chi connectivity index (χ0n) is 22.8. The Hall–Kier alpha value is -5.65. The molecule has 12 nitrogen and oxygen atoms in total. The SMILES string of the molecule is CCOc1nc2cccc(C(=O)OCc3oc(=O)oc3C)c2n1Cc1ccc(-c2ccccc2C(N)=NC(N)=O)cc1. The molecule has 3 aromatic carbocycles. The zero-order valence-corrected chi connectivity index (χ0v) is 22.8. The van der Waals surface area contributed by atoms with Crippen molar-refractivity contribution in [2.75, 3.05) is 6.61 Å². The van der Waals surface area contributed by atoms with Gasteiger partial charge in [-0.25, -0.2) is 14.4 Å². The molecule has 214 valence electrons. The number of rotatable bonds is 9. The van der Waals surface area contributed by atoms with E-state index in [0.717, 1.165) is 16.7 Å². The molecule has 0 radical (unpaired) electrons. The number of benzene rings is 3. The number of nitrogens with two attached hydrogens (primary N) is 2. The Kier molecular flexibility index (Phi) is 7.87. The summed E-state index contributed by atoms with van der Waals surface area (Å²) in [5, 5.41) is 0. The van der Waals surface area contributed by atoms with E-state index in [1.54, 1.807) is 41.8 Å². The van der Waals surface area contributed by atoms with Gasteiger partial charge in [0.1, 0.15) is 5.84 Å². The van der Waals surface area contributed by atoms with Crippen molar-refractivity contribution in [3.63, 3.8) is 0 Å². The summed E-state index contributed by atoms with van der Waals surface area (Å²) in [6.45, 7) is 3.83. The number of fused-ring (bicyclic) bond motifs is 1. The molecule has 0 aliphatic carbocycles. The van der Waals surface area contributed by atoms with E-state index in [2.05, 4.69) is 9.98 Å². The summed E-state index contributed by atoms with van der Waals surface area (Å²) in [5.74, 6) is -1.10. The molecule has 0 saturated carbocycles. The summed E-state index contributed by atoms with van der Waals surface area (Å²) in [5.41, 5.74) is 15.7. The normalized spacial score (nSPS) is 11.5. The van der Waals surface area contributed by atoms with Crippen LogP contribution >= 0.6 is 0 Å². The van der Waals surface area contributed by atoms with Crippen molar-refractivity contribution in [3.8, 4) is 17.1 Å². The number of urea groups is 1. The maximum absolute atomic E-state index is 13.2. The fourth-order valence-corrected chi connectivity index (χ4v) is 4.54. The molecule has 2 amide bonds. The van der Waals surface area contributed by atoms with Crippen molar-refractivity contribution in [2.45, 2.75) is 27.0 Å². The molecular weight excluding hydrogens is 542 g/mol. The summed E-state index contributed by atoms with van der Waals surface area (Å²) in [6.07, 6.45) is 0. The van der Waals surface area contributed by atoms with Gasteiger partial charge in [-0.1, -0.05) is 54.6 Å². The van der Waals surface area contributed by atoms with E-state index in [1.165, 1.54) is 0 Å². The molecule has 0 aliphatic rings. The minimum Gasteiger partial charge on any atom is -0.465 e.